The van der Waals surface area contributed by atoms with E-state index in [1.54, 1.807) is 6.07 Å². The van der Waals surface area contributed by atoms with Crippen LogP contribution in [0.15, 0.2) is 78.9 Å². The fourth-order valence-corrected chi connectivity index (χ4v) is 4.63. The zero-order valence-electron chi connectivity index (χ0n) is 22.8. The maximum absolute atomic E-state index is 12.4. The van der Waals surface area contributed by atoms with Crippen LogP contribution in [0.25, 0.3) is 0 Å². The molecule has 0 amide bonds. The highest BCUT2D eigenvalue weighted by molar-refractivity contribution is 5.89. The van der Waals surface area contributed by atoms with Gasteiger partial charge < -0.3 is 19.7 Å². The van der Waals surface area contributed by atoms with Gasteiger partial charge in [-0.25, -0.2) is 4.79 Å². The minimum Gasteiger partial charge on any atom is -0.465 e. The Hall–Kier alpha value is -3.48. The van der Waals surface area contributed by atoms with Gasteiger partial charge in [-0.1, -0.05) is 79.6 Å². The second kappa shape index (κ2) is 16.5. The quantitative estimate of drug-likeness (QED) is 0.188. The average Bonchev–Trinajstić information content (AvgIpc) is 2.97. The van der Waals surface area contributed by atoms with Gasteiger partial charge in [-0.15, -0.1) is 0 Å². The minimum absolute atomic E-state index is 0.119. The standard InChI is InChI=1S/C33H40O6/c1-38-32(36)29-18-10-17-26(22-29)12-6-3-2-5-11-25-15-9-16-27(21-25)19-20-31(35)30(23-34)33(37)39-24-28-13-7-4-8-14-28/h4,7-10,13-18,21-22,30-31,34-35H,2-3,5-6,11-12,19-20,23-24H2,1H3. The van der Waals surface area contributed by atoms with Crippen molar-refractivity contribution in [2.45, 2.75) is 64.1 Å². The lowest BCUT2D eigenvalue weighted by Crippen LogP contribution is -2.33. The Kier molecular flexibility index (Phi) is 12.7. The highest BCUT2D eigenvalue weighted by atomic mass is 16.5. The van der Waals surface area contributed by atoms with Gasteiger partial charge in [0.2, 0.25) is 0 Å². The summed E-state index contributed by atoms with van der Waals surface area (Å²) < 4.78 is 10.1. The first-order valence-electron chi connectivity index (χ1n) is 13.7. The van der Waals surface area contributed by atoms with Crippen LogP contribution >= 0.6 is 0 Å². The molecular weight excluding hydrogens is 492 g/mol. The summed E-state index contributed by atoms with van der Waals surface area (Å²) in [6.45, 7) is -0.334. The summed E-state index contributed by atoms with van der Waals surface area (Å²) in [5.74, 6) is -1.85. The molecule has 0 radical (unpaired) electrons. The largest absolute Gasteiger partial charge is 0.465 e. The van der Waals surface area contributed by atoms with E-state index >= 15 is 0 Å². The summed E-state index contributed by atoms with van der Waals surface area (Å²) in [4.78, 5) is 24.1. The molecule has 2 atom stereocenters. The molecular formula is C33H40O6. The van der Waals surface area contributed by atoms with Crippen molar-refractivity contribution in [3.63, 3.8) is 0 Å². The molecule has 0 spiro atoms. The number of methoxy groups -OCH3 is 1. The first-order chi connectivity index (χ1) is 19.0. The van der Waals surface area contributed by atoms with E-state index in [1.807, 2.05) is 60.7 Å². The Morgan fingerprint density at radius 1 is 0.744 bits per heavy atom. The second-order valence-corrected chi connectivity index (χ2v) is 9.91. The van der Waals surface area contributed by atoms with Gasteiger partial charge in [-0.05, 0) is 72.9 Å². The van der Waals surface area contributed by atoms with Crippen molar-refractivity contribution in [1.82, 2.24) is 0 Å². The number of carbonyl (C=O) groups excluding carboxylic acids is 2. The number of ether oxygens (including phenoxy) is 2. The Morgan fingerprint density at radius 2 is 1.33 bits per heavy atom. The molecule has 3 aromatic rings. The molecule has 39 heavy (non-hydrogen) atoms. The third kappa shape index (κ3) is 10.3. The zero-order valence-corrected chi connectivity index (χ0v) is 22.8. The van der Waals surface area contributed by atoms with Crippen molar-refractivity contribution in [2.24, 2.45) is 5.92 Å². The summed E-state index contributed by atoms with van der Waals surface area (Å²) in [6.07, 6.45) is 6.34. The number of rotatable bonds is 16. The molecule has 2 N–H and O–H groups in total. The normalized spacial score (nSPS) is 12.5. The first-order valence-corrected chi connectivity index (χ1v) is 13.7. The van der Waals surface area contributed by atoms with E-state index in [4.69, 9.17) is 9.47 Å². The fraction of sp³-hybridized carbons (Fsp3) is 0.394. The predicted octanol–water partition coefficient (Wildman–Crippen LogP) is 5.46. The molecule has 0 aromatic heterocycles. The molecule has 0 bridgehead atoms. The Labute approximate surface area is 231 Å². The van der Waals surface area contributed by atoms with E-state index in [0.717, 1.165) is 55.2 Å². The molecule has 2 unspecified atom stereocenters. The van der Waals surface area contributed by atoms with Crippen LogP contribution in [0, 0.1) is 5.92 Å². The molecule has 0 fully saturated rings. The topological polar surface area (TPSA) is 93.1 Å². The van der Waals surface area contributed by atoms with E-state index in [-0.39, 0.29) is 12.6 Å². The highest BCUT2D eigenvalue weighted by Crippen LogP contribution is 2.17. The van der Waals surface area contributed by atoms with Crippen molar-refractivity contribution in [3.8, 4) is 0 Å². The molecule has 0 saturated heterocycles. The van der Waals surface area contributed by atoms with Crippen LogP contribution in [0.3, 0.4) is 0 Å². The summed E-state index contributed by atoms with van der Waals surface area (Å²) >= 11 is 0. The Balaban J connectivity index is 1.36. The van der Waals surface area contributed by atoms with Gasteiger partial charge in [0.15, 0.2) is 0 Å². The average molecular weight is 533 g/mol. The molecule has 0 aliphatic heterocycles. The van der Waals surface area contributed by atoms with Crippen LogP contribution in [-0.2, 0) is 40.1 Å². The fourth-order valence-electron chi connectivity index (χ4n) is 4.63. The maximum Gasteiger partial charge on any atom is 0.337 e. The third-order valence-corrected chi connectivity index (χ3v) is 6.94. The third-order valence-electron chi connectivity index (χ3n) is 6.94. The van der Waals surface area contributed by atoms with E-state index in [9.17, 15) is 19.8 Å². The number of aliphatic hydroxyl groups is 2. The number of benzene rings is 3. The Morgan fingerprint density at radius 3 is 1.97 bits per heavy atom. The van der Waals surface area contributed by atoms with Gasteiger partial charge in [0.1, 0.15) is 12.5 Å². The molecule has 3 rings (SSSR count). The lowest BCUT2D eigenvalue weighted by molar-refractivity contribution is -0.156. The number of esters is 2. The summed E-state index contributed by atoms with van der Waals surface area (Å²) in [5.41, 5.74) is 4.97. The molecule has 3 aromatic carbocycles. The second-order valence-electron chi connectivity index (χ2n) is 9.91. The van der Waals surface area contributed by atoms with E-state index in [2.05, 4.69) is 12.1 Å². The van der Waals surface area contributed by atoms with Crippen molar-refractivity contribution < 1.29 is 29.3 Å². The molecule has 208 valence electrons. The predicted molar refractivity (Wildman–Crippen MR) is 151 cm³/mol. The van der Waals surface area contributed by atoms with Gasteiger partial charge in [0.25, 0.3) is 0 Å². The number of hydrogen-bond donors (Lipinski definition) is 2. The van der Waals surface area contributed by atoms with Crippen LogP contribution in [-0.4, -0.2) is 42.0 Å². The number of hydrogen-bond acceptors (Lipinski definition) is 6. The van der Waals surface area contributed by atoms with Gasteiger partial charge >= 0.3 is 11.9 Å². The summed E-state index contributed by atoms with van der Waals surface area (Å²) in [5, 5.41) is 20.3. The van der Waals surface area contributed by atoms with Gasteiger partial charge in [-0.3, -0.25) is 4.79 Å². The van der Waals surface area contributed by atoms with Crippen molar-refractivity contribution in [3.05, 3.63) is 107 Å². The van der Waals surface area contributed by atoms with Gasteiger partial charge in [-0.2, -0.15) is 0 Å². The number of aryl methyl sites for hydroxylation is 3. The van der Waals surface area contributed by atoms with Crippen LogP contribution in [0.1, 0.15) is 64.7 Å². The first kappa shape index (κ1) is 30.1. The minimum atomic E-state index is -0.977. The van der Waals surface area contributed by atoms with E-state index in [0.29, 0.717) is 18.4 Å². The molecule has 6 nitrogen and oxygen atoms in total. The van der Waals surface area contributed by atoms with Gasteiger partial charge in [0, 0.05) is 0 Å². The lowest BCUT2D eigenvalue weighted by Gasteiger charge is -2.20. The number of unbranched alkanes of at least 4 members (excludes halogenated alkanes) is 3. The van der Waals surface area contributed by atoms with Crippen molar-refractivity contribution >= 4 is 11.9 Å². The zero-order chi connectivity index (χ0) is 27.9. The SMILES string of the molecule is COC(=O)c1cccc(CCCCCCc2cccc(CCC(O)C(CO)C(=O)OCc3ccccc3)c2)c1. The molecule has 6 heteroatoms. The van der Waals surface area contributed by atoms with Crippen LogP contribution < -0.4 is 0 Å². The van der Waals surface area contributed by atoms with Crippen molar-refractivity contribution in [2.75, 3.05) is 13.7 Å². The van der Waals surface area contributed by atoms with E-state index in [1.165, 1.54) is 12.7 Å². The molecule has 0 heterocycles. The smallest absolute Gasteiger partial charge is 0.337 e. The molecule has 0 aliphatic carbocycles. The Bertz CT molecular complexity index is 1160. The monoisotopic (exact) mass is 532 g/mol. The molecule has 0 aliphatic rings. The molecule has 0 saturated carbocycles. The van der Waals surface area contributed by atoms with E-state index < -0.39 is 24.6 Å². The van der Waals surface area contributed by atoms with Crippen LogP contribution in [0.2, 0.25) is 0 Å². The summed E-state index contributed by atoms with van der Waals surface area (Å²) in [7, 11) is 1.40. The highest BCUT2D eigenvalue weighted by Gasteiger charge is 2.27. The van der Waals surface area contributed by atoms with Crippen molar-refractivity contribution in [1.29, 1.82) is 0 Å². The van der Waals surface area contributed by atoms with Crippen LogP contribution in [0.5, 0.6) is 0 Å². The number of aliphatic hydroxyl groups excluding tert-OH is 2. The van der Waals surface area contributed by atoms with Crippen LogP contribution in [0.4, 0.5) is 0 Å². The van der Waals surface area contributed by atoms with Gasteiger partial charge in [0.05, 0.1) is 25.4 Å². The number of carbonyl (C=O) groups is 2. The lowest BCUT2D eigenvalue weighted by atomic mass is 9.95. The maximum atomic E-state index is 12.4. The summed E-state index contributed by atoms with van der Waals surface area (Å²) in [6, 6.07) is 25.3.